The average Bonchev–Trinajstić information content (AvgIpc) is 2.18. The molecule has 0 radical (unpaired) electrons. The molecule has 1 rings (SSSR count). The predicted octanol–water partition coefficient (Wildman–Crippen LogP) is 2.25. The number of carbonyl (C=O) groups is 2. The Balaban J connectivity index is 2.56. The van der Waals surface area contributed by atoms with E-state index in [4.69, 9.17) is 16.7 Å². The van der Waals surface area contributed by atoms with Crippen LogP contribution in [-0.4, -0.2) is 22.5 Å². The van der Waals surface area contributed by atoms with Gasteiger partial charge < -0.3 is 10.4 Å². The third-order valence-corrected chi connectivity index (χ3v) is 2.60. The summed E-state index contributed by atoms with van der Waals surface area (Å²) in [4.78, 5) is 22.4. The molecule has 0 fully saturated rings. The molecule has 0 aromatic heterocycles. The number of hydrogen-bond donors (Lipinski definition) is 2. The molecule has 4 nitrogen and oxygen atoms in total. The Morgan fingerprint density at radius 1 is 1.28 bits per heavy atom. The summed E-state index contributed by atoms with van der Waals surface area (Å²) in [7, 11) is 0. The molecule has 0 aliphatic heterocycles. The van der Waals surface area contributed by atoms with Crippen LogP contribution in [0.3, 0.4) is 0 Å². The molecule has 0 atom stereocenters. The zero-order valence-corrected chi connectivity index (χ0v) is 11.1. The van der Waals surface area contributed by atoms with Crippen molar-refractivity contribution in [1.82, 2.24) is 5.32 Å². The molecule has 0 unspecified atom stereocenters. The lowest BCUT2D eigenvalue weighted by molar-refractivity contribution is -0.138. The third kappa shape index (κ3) is 5.19. The zero-order valence-electron chi connectivity index (χ0n) is 10.4. The molecule has 0 heterocycles. The van der Waals surface area contributed by atoms with Gasteiger partial charge in [-0.2, -0.15) is 0 Å². The SMILES string of the molecule is CC(C)(CC(=O)O)NC(=O)Cc1ccc(Cl)cc1. The number of carbonyl (C=O) groups excluding carboxylic acids is 1. The maximum atomic E-state index is 11.8. The topological polar surface area (TPSA) is 66.4 Å². The minimum atomic E-state index is -0.938. The highest BCUT2D eigenvalue weighted by atomic mass is 35.5. The van der Waals surface area contributed by atoms with Crippen LogP contribution in [0.15, 0.2) is 24.3 Å². The molecule has 5 heteroatoms. The smallest absolute Gasteiger partial charge is 0.305 e. The van der Waals surface area contributed by atoms with Gasteiger partial charge in [-0.15, -0.1) is 0 Å². The van der Waals surface area contributed by atoms with E-state index in [1.54, 1.807) is 38.1 Å². The molecule has 0 bridgehead atoms. The van der Waals surface area contributed by atoms with E-state index >= 15 is 0 Å². The Hall–Kier alpha value is -1.55. The fourth-order valence-electron chi connectivity index (χ4n) is 1.63. The molecule has 0 spiro atoms. The van der Waals surface area contributed by atoms with Crippen LogP contribution in [0.1, 0.15) is 25.8 Å². The lowest BCUT2D eigenvalue weighted by atomic mass is 10.00. The van der Waals surface area contributed by atoms with E-state index < -0.39 is 11.5 Å². The van der Waals surface area contributed by atoms with Gasteiger partial charge in [-0.1, -0.05) is 23.7 Å². The van der Waals surface area contributed by atoms with E-state index in [0.717, 1.165) is 5.56 Å². The second kappa shape index (κ2) is 5.87. The highest BCUT2D eigenvalue weighted by molar-refractivity contribution is 6.30. The highest BCUT2D eigenvalue weighted by Crippen LogP contribution is 2.12. The van der Waals surface area contributed by atoms with E-state index in [-0.39, 0.29) is 18.7 Å². The van der Waals surface area contributed by atoms with E-state index in [0.29, 0.717) is 5.02 Å². The Bertz CT molecular complexity index is 440. The van der Waals surface area contributed by atoms with Gasteiger partial charge in [0.2, 0.25) is 5.91 Å². The summed E-state index contributed by atoms with van der Waals surface area (Å²) in [6, 6.07) is 6.97. The number of aliphatic carboxylic acids is 1. The molecule has 1 aromatic rings. The average molecular weight is 270 g/mol. The number of halogens is 1. The highest BCUT2D eigenvalue weighted by Gasteiger charge is 2.23. The first kappa shape index (κ1) is 14.5. The molecule has 0 aliphatic rings. The van der Waals surface area contributed by atoms with Crippen LogP contribution < -0.4 is 5.32 Å². The second-order valence-electron chi connectivity index (χ2n) is 4.81. The van der Waals surface area contributed by atoms with Crippen molar-refractivity contribution in [3.8, 4) is 0 Å². The summed E-state index contributed by atoms with van der Waals surface area (Å²) in [5.41, 5.74) is 0.0815. The van der Waals surface area contributed by atoms with Gasteiger partial charge >= 0.3 is 5.97 Å². The zero-order chi connectivity index (χ0) is 13.8. The van der Waals surface area contributed by atoms with Gasteiger partial charge in [-0.3, -0.25) is 9.59 Å². The summed E-state index contributed by atoms with van der Waals surface area (Å²) >= 11 is 5.75. The van der Waals surface area contributed by atoms with Crippen molar-refractivity contribution in [3.63, 3.8) is 0 Å². The Morgan fingerprint density at radius 3 is 2.33 bits per heavy atom. The van der Waals surface area contributed by atoms with Crippen LogP contribution in [0, 0.1) is 0 Å². The molecule has 0 saturated heterocycles. The Morgan fingerprint density at radius 2 is 1.83 bits per heavy atom. The van der Waals surface area contributed by atoms with Crippen LogP contribution in [0.4, 0.5) is 0 Å². The molecule has 0 saturated carbocycles. The number of carboxylic acids is 1. The summed E-state index contributed by atoms with van der Waals surface area (Å²) in [6.45, 7) is 3.36. The van der Waals surface area contributed by atoms with Crippen molar-refractivity contribution in [2.75, 3.05) is 0 Å². The number of rotatable bonds is 5. The van der Waals surface area contributed by atoms with Crippen molar-refractivity contribution >= 4 is 23.5 Å². The Kier molecular flexibility index (Phi) is 4.73. The van der Waals surface area contributed by atoms with Gasteiger partial charge in [0.15, 0.2) is 0 Å². The first-order valence-electron chi connectivity index (χ1n) is 5.56. The first-order valence-corrected chi connectivity index (χ1v) is 5.93. The van der Waals surface area contributed by atoms with Gasteiger partial charge in [0.25, 0.3) is 0 Å². The lowest BCUT2D eigenvalue weighted by Gasteiger charge is -2.24. The molecule has 18 heavy (non-hydrogen) atoms. The van der Waals surface area contributed by atoms with Crippen LogP contribution in [0.5, 0.6) is 0 Å². The van der Waals surface area contributed by atoms with Gasteiger partial charge in [0.1, 0.15) is 0 Å². The molecule has 2 N–H and O–H groups in total. The fourth-order valence-corrected chi connectivity index (χ4v) is 1.76. The van der Waals surface area contributed by atoms with Gasteiger partial charge in [-0.05, 0) is 31.5 Å². The largest absolute Gasteiger partial charge is 0.481 e. The molecule has 1 amide bonds. The van der Waals surface area contributed by atoms with Crippen LogP contribution in [0.2, 0.25) is 5.02 Å². The molecular formula is C13H16ClNO3. The van der Waals surface area contributed by atoms with Crippen LogP contribution >= 0.6 is 11.6 Å². The van der Waals surface area contributed by atoms with E-state index in [9.17, 15) is 9.59 Å². The summed E-state index contributed by atoms with van der Waals surface area (Å²) in [5.74, 6) is -1.14. The summed E-state index contributed by atoms with van der Waals surface area (Å²) in [5, 5.41) is 12.0. The Labute approximate surface area is 111 Å². The lowest BCUT2D eigenvalue weighted by Crippen LogP contribution is -2.45. The molecular weight excluding hydrogens is 254 g/mol. The maximum absolute atomic E-state index is 11.8. The van der Waals surface area contributed by atoms with E-state index in [1.807, 2.05) is 0 Å². The minimum Gasteiger partial charge on any atom is -0.481 e. The first-order chi connectivity index (χ1) is 8.28. The van der Waals surface area contributed by atoms with Gasteiger partial charge in [0.05, 0.1) is 12.8 Å². The number of carboxylic acid groups (broad SMARTS) is 1. The molecule has 1 aromatic carbocycles. The molecule has 0 aliphatic carbocycles. The number of amides is 1. The summed E-state index contributed by atoms with van der Waals surface area (Å²) in [6.07, 6.45) is 0.0968. The van der Waals surface area contributed by atoms with Crippen molar-refractivity contribution in [2.24, 2.45) is 0 Å². The van der Waals surface area contributed by atoms with Gasteiger partial charge in [-0.25, -0.2) is 0 Å². The standard InChI is InChI=1S/C13H16ClNO3/c1-13(2,8-12(17)18)15-11(16)7-9-3-5-10(14)6-4-9/h3-6H,7-8H2,1-2H3,(H,15,16)(H,17,18). The number of hydrogen-bond acceptors (Lipinski definition) is 2. The fraction of sp³-hybridized carbons (Fsp3) is 0.385. The van der Waals surface area contributed by atoms with Crippen LogP contribution in [0.25, 0.3) is 0 Å². The van der Waals surface area contributed by atoms with Crippen molar-refractivity contribution < 1.29 is 14.7 Å². The van der Waals surface area contributed by atoms with Gasteiger partial charge in [0, 0.05) is 10.6 Å². The van der Waals surface area contributed by atoms with Crippen molar-refractivity contribution in [2.45, 2.75) is 32.2 Å². The summed E-state index contributed by atoms with van der Waals surface area (Å²) < 4.78 is 0. The predicted molar refractivity (Wildman–Crippen MR) is 69.6 cm³/mol. The van der Waals surface area contributed by atoms with Crippen LogP contribution in [-0.2, 0) is 16.0 Å². The number of benzene rings is 1. The molecule has 98 valence electrons. The quantitative estimate of drug-likeness (QED) is 0.862. The normalized spacial score (nSPS) is 11.1. The second-order valence-corrected chi connectivity index (χ2v) is 5.24. The number of nitrogens with one attached hydrogen (secondary N) is 1. The van der Waals surface area contributed by atoms with E-state index in [1.165, 1.54) is 0 Å². The third-order valence-electron chi connectivity index (χ3n) is 2.35. The monoisotopic (exact) mass is 269 g/mol. The van der Waals surface area contributed by atoms with Crippen molar-refractivity contribution in [3.05, 3.63) is 34.9 Å². The van der Waals surface area contributed by atoms with E-state index in [2.05, 4.69) is 5.32 Å². The minimum absolute atomic E-state index is 0.112. The van der Waals surface area contributed by atoms with Crippen molar-refractivity contribution in [1.29, 1.82) is 0 Å². The maximum Gasteiger partial charge on any atom is 0.305 e.